The molecule has 0 bridgehead atoms. The van der Waals surface area contributed by atoms with Crippen LogP contribution in [0.25, 0.3) is 16.8 Å². The second kappa shape index (κ2) is 5.17. The molecule has 0 saturated heterocycles. The van der Waals surface area contributed by atoms with Gasteiger partial charge in [0.15, 0.2) is 0 Å². The number of hydrogen-bond donors (Lipinski definition) is 1. The summed E-state index contributed by atoms with van der Waals surface area (Å²) >= 11 is 0. The van der Waals surface area contributed by atoms with Crippen molar-refractivity contribution in [2.75, 3.05) is 5.32 Å². The molecule has 0 spiro atoms. The number of fused-ring (bicyclic) bond motifs is 1. The molecule has 0 aliphatic rings. The third-order valence-electron chi connectivity index (χ3n) is 3.08. The minimum Gasteiger partial charge on any atom is -0.323 e. The van der Waals surface area contributed by atoms with Crippen LogP contribution in [0, 0.1) is 0 Å². The third kappa shape index (κ3) is 2.22. The first-order valence-electron chi connectivity index (χ1n) is 6.56. The van der Waals surface area contributed by atoms with Gasteiger partial charge in [-0.15, -0.1) is 0 Å². The van der Waals surface area contributed by atoms with Gasteiger partial charge in [-0.1, -0.05) is 0 Å². The van der Waals surface area contributed by atoms with Gasteiger partial charge in [0.2, 0.25) is 5.95 Å². The van der Waals surface area contributed by atoms with E-state index < -0.39 is 0 Å². The summed E-state index contributed by atoms with van der Waals surface area (Å²) in [6.45, 7) is 0. The Labute approximate surface area is 124 Å². The fraction of sp³-hybridized carbons (Fsp3) is 0. The fourth-order valence-corrected chi connectivity index (χ4v) is 2.09. The molecule has 0 atom stereocenters. The van der Waals surface area contributed by atoms with Crippen LogP contribution in [0.3, 0.4) is 0 Å². The summed E-state index contributed by atoms with van der Waals surface area (Å²) < 4.78 is 1.57. The molecule has 22 heavy (non-hydrogen) atoms. The van der Waals surface area contributed by atoms with Crippen LogP contribution < -0.4 is 5.32 Å². The highest BCUT2D eigenvalue weighted by atomic mass is 15.4. The Morgan fingerprint density at radius 2 is 1.91 bits per heavy atom. The van der Waals surface area contributed by atoms with Crippen molar-refractivity contribution in [3.8, 4) is 11.3 Å². The summed E-state index contributed by atoms with van der Waals surface area (Å²) in [4.78, 5) is 8.72. The van der Waals surface area contributed by atoms with E-state index in [0.717, 1.165) is 22.5 Å². The molecule has 0 aliphatic heterocycles. The number of hydrogen-bond acceptors (Lipinski definition) is 7. The maximum absolute atomic E-state index is 4.51. The second-order valence-electron chi connectivity index (χ2n) is 4.48. The monoisotopic (exact) mass is 290 g/mol. The Hall–Kier alpha value is -3.42. The lowest BCUT2D eigenvalue weighted by molar-refractivity contribution is 0.800. The molecule has 0 saturated carbocycles. The molecule has 0 fully saturated rings. The van der Waals surface area contributed by atoms with Crippen molar-refractivity contribution in [2.45, 2.75) is 0 Å². The number of aromatic nitrogens is 7. The van der Waals surface area contributed by atoms with Crippen molar-refractivity contribution in [1.82, 2.24) is 35.0 Å². The topological polar surface area (TPSA) is 93.8 Å². The van der Waals surface area contributed by atoms with E-state index in [1.165, 1.54) is 0 Å². The predicted octanol–water partition coefficient (Wildman–Crippen LogP) is 1.72. The molecule has 8 heteroatoms. The molecule has 4 aromatic rings. The van der Waals surface area contributed by atoms with Crippen LogP contribution >= 0.6 is 0 Å². The van der Waals surface area contributed by atoms with Gasteiger partial charge in [0.25, 0.3) is 0 Å². The van der Waals surface area contributed by atoms with E-state index in [1.807, 2.05) is 18.2 Å². The van der Waals surface area contributed by atoms with Crippen molar-refractivity contribution in [3.63, 3.8) is 0 Å². The quantitative estimate of drug-likeness (QED) is 0.614. The van der Waals surface area contributed by atoms with Crippen LogP contribution in [-0.4, -0.2) is 35.0 Å². The molecule has 0 aromatic carbocycles. The molecule has 106 valence electrons. The second-order valence-corrected chi connectivity index (χ2v) is 4.48. The number of nitrogens with one attached hydrogen (secondary N) is 1. The fourth-order valence-electron chi connectivity index (χ4n) is 2.09. The summed E-state index contributed by atoms with van der Waals surface area (Å²) in [5, 5.41) is 19.0. The highest BCUT2D eigenvalue weighted by Crippen LogP contribution is 2.22. The van der Waals surface area contributed by atoms with Crippen LogP contribution in [0.15, 0.2) is 55.2 Å². The zero-order valence-corrected chi connectivity index (χ0v) is 11.3. The van der Waals surface area contributed by atoms with E-state index in [1.54, 1.807) is 41.7 Å². The van der Waals surface area contributed by atoms with Crippen LogP contribution in [0.5, 0.6) is 0 Å². The van der Waals surface area contributed by atoms with Crippen molar-refractivity contribution < 1.29 is 0 Å². The molecule has 0 radical (unpaired) electrons. The van der Waals surface area contributed by atoms with Gasteiger partial charge < -0.3 is 5.32 Å². The molecule has 4 aromatic heterocycles. The van der Waals surface area contributed by atoms with E-state index in [2.05, 4.69) is 35.7 Å². The van der Waals surface area contributed by atoms with Crippen molar-refractivity contribution in [1.29, 1.82) is 0 Å². The summed E-state index contributed by atoms with van der Waals surface area (Å²) in [5.41, 5.74) is 3.32. The predicted molar refractivity (Wildman–Crippen MR) is 79.3 cm³/mol. The first-order chi connectivity index (χ1) is 10.9. The maximum atomic E-state index is 4.51. The Morgan fingerprint density at radius 3 is 2.82 bits per heavy atom. The Balaban J connectivity index is 1.73. The van der Waals surface area contributed by atoms with Crippen molar-refractivity contribution >= 4 is 17.2 Å². The minimum absolute atomic E-state index is 0.480. The van der Waals surface area contributed by atoms with Crippen LogP contribution in [0.2, 0.25) is 0 Å². The summed E-state index contributed by atoms with van der Waals surface area (Å²) in [5.74, 6) is 0.480. The van der Waals surface area contributed by atoms with Gasteiger partial charge in [-0.3, -0.25) is 0 Å². The van der Waals surface area contributed by atoms with Crippen molar-refractivity contribution in [3.05, 3.63) is 55.2 Å². The summed E-state index contributed by atoms with van der Waals surface area (Å²) in [6.07, 6.45) is 8.33. The highest BCUT2D eigenvalue weighted by molar-refractivity contribution is 5.77. The largest absolute Gasteiger partial charge is 0.323 e. The van der Waals surface area contributed by atoms with Crippen LogP contribution in [-0.2, 0) is 0 Å². The molecule has 8 nitrogen and oxygen atoms in total. The van der Waals surface area contributed by atoms with E-state index in [9.17, 15) is 0 Å². The lowest BCUT2D eigenvalue weighted by Gasteiger charge is -2.05. The molecule has 0 aliphatic carbocycles. The zero-order chi connectivity index (χ0) is 14.8. The first-order valence-corrected chi connectivity index (χ1v) is 6.56. The molecule has 1 N–H and O–H groups in total. The standard InChI is InChI=1S/C14H10N8/c1-2-13-11(9-19-22(13)18-5-1)12-4-6-15-14(21-12)20-10-3-7-16-17-8-10/h1-9H,(H,15,16,20,21). The van der Waals surface area contributed by atoms with E-state index in [-0.39, 0.29) is 0 Å². The average Bonchev–Trinajstić information content (AvgIpc) is 3.00. The molecular weight excluding hydrogens is 280 g/mol. The SMILES string of the molecule is c1cnn2ncc(-c3ccnc(Nc4ccnnc4)n3)c2c1. The first kappa shape index (κ1) is 12.3. The highest BCUT2D eigenvalue weighted by Gasteiger charge is 2.09. The van der Waals surface area contributed by atoms with E-state index >= 15 is 0 Å². The van der Waals surface area contributed by atoms with E-state index in [4.69, 9.17) is 0 Å². The molecular formula is C14H10N8. The van der Waals surface area contributed by atoms with Gasteiger partial charge in [0, 0.05) is 18.0 Å². The van der Waals surface area contributed by atoms with Gasteiger partial charge in [0.1, 0.15) is 0 Å². The van der Waals surface area contributed by atoms with Gasteiger partial charge in [-0.2, -0.15) is 25.0 Å². The Bertz CT molecular complexity index is 918. The van der Waals surface area contributed by atoms with Crippen molar-refractivity contribution in [2.24, 2.45) is 0 Å². The molecule has 4 heterocycles. The van der Waals surface area contributed by atoms with Gasteiger partial charge in [0.05, 0.1) is 35.5 Å². The lowest BCUT2D eigenvalue weighted by atomic mass is 10.2. The van der Waals surface area contributed by atoms with Crippen LogP contribution in [0.4, 0.5) is 11.6 Å². The zero-order valence-electron chi connectivity index (χ0n) is 11.3. The Morgan fingerprint density at radius 1 is 0.909 bits per heavy atom. The Kier molecular flexibility index (Phi) is 2.90. The summed E-state index contributed by atoms with van der Waals surface area (Å²) in [6, 6.07) is 7.43. The van der Waals surface area contributed by atoms with Gasteiger partial charge >= 0.3 is 0 Å². The summed E-state index contributed by atoms with van der Waals surface area (Å²) in [7, 11) is 0. The van der Waals surface area contributed by atoms with Gasteiger partial charge in [-0.05, 0) is 24.3 Å². The molecule has 4 rings (SSSR count). The molecule has 0 amide bonds. The number of rotatable bonds is 3. The van der Waals surface area contributed by atoms with Crippen LogP contribution in [0.1, 0.15) is 0 Å². The van der Waals surface area contributed by atoms with E-state index in [0.29, 0.717) is 5.95 Å². The number of anilines is 2. The molecule has 0 unspecified atom stereocenters. The number of nitrogens with zero attached hydrogens (tertiary/aromatic N) is 7. The third-order valence-corrected chi connectivity index (χ3v) is 3.08. The average molecular weight is 290 g/mol. The lowest BCUT2D eigenvalue weighted by Crippen LogP contribution is -1.98. The normalized spacial score (nSPS) is 10.7. The smallest absolute Gasteiger partial charge is 0.227 e. The minimum atomic E-state index is 0.480. The maximum Gasteiger partial charge on any atom is 0.227 e. The van der Waals surface area contributed by atoms with Gasteiger partial charge in [-0.25, -0.2) is 9.97 Å².